The van der Waals surface area contributed by atoms with Crippen LogP contribution in [0.1, 0.15) is 40.9 Å². The number of carbonyl (C=O) groups excluding carboxylic acids is 2. The summed E-state index contributed by atoms with van der Waals surface area (Å²) >= 11 is 0. The number of amides is 1. The number of hydrogen-bond donors (Lipinski definition) is 1. The Kier molecular flexibility index (Phi) is 5.69. The van der Waals surface area contributed by atoms with Crippen LogP contribution in [-0.2, 0) is 18.4 Å². The van der Waals surface area contributed by atoms with Crippen LogP contribution < -0.4 is 5.32 Å². The van der Waals surface area contributed by atoms with Gasteiger partial charge in [-0.2, -0.15) is 0 Å². The van der Waals surface area contributed by atoms with E-state index >= 15 is 0 Å². The normalized spacial score (nSPS) is 10.9. The molecule has 0 aliphatic rings. The van der Waals surface area contributed by atoms with Gasteiger partial charge in [-0.3, -0.25) is 9.59 Å². The summed E-state index contributed by atoms with van der Waals surface area (Å²) < 4.78 is 15.0. The highest BCUT2D eigenvalue weighted by molar-refractivity contribution is 5.96. The van der Waals surface area contributed by atoms with Gasteiger partial charge in [0.1, 0.15) is 5.82 Å². The van der Waals surface area contributed by atoms with Crippen molar-refractivity contribution in [1.82, 2.24) is 9.88 Å². The zero-order valence-corrected chi connectivity index (χ0v) is 15.6. The van der Waals surface area contributed by atoms with Crippen LogP contribution in [0.5, 0.6) is 0 Å². The van der Waals surface area contributed by atoms with Gasteiger partial charge in [0.05, 0.1) is 0 Å². The molecule has 1 amide bonds. The van der Waals surface area contributed by atoms with Crippen molar-refractivity contribution in [3.05, 3.63) is 71.2 Å². The predicted molar refractivity (Wildman–Crippen MR) is 104 cm³/mol. The number of hydrogen-bond acceptors (Lipinski definition) is 2. The van der Waals surface area contributed by atoms with Gasteiger partial charge < -0.3 is 9.88 Å². The maximum absolute atomic E-state index is 12.9. The summed E-state index contributed by atoms with van der Waals surface area (Å²) in [4.78, 5) is 24.0. The highest BCUT2D eigenvalue weighted by atomic mass is 19.1. The van der Waals surface area contributed by atoms with Crippen molar-refractivity contribution in [1.29, 1.82) is 0 Å². The number of aryl methyl sites for hydroxylation is 2. The zero-order valence-electron chi connectivity index (χ0n) is 15.6. The summed E-state index contributed by atoms with van der Waals surface area (Å²) in [6, 6.07) is 13.8. The average Bonchev–Trinajstić information content (AvgIpc) is 2.94. The molecule has 0 spiro atoms. The minimum absolute atomic E-state index is 0.0762. The van der Waals surface area contributed by atoms with Gasteiger partial charge in [0.25, 0.3) is 0 Å². The van der Waals surface area contributed by atoms with Crippen molar-refractivity contribution >= 4 is 22.6 Å². The first-order valence-corrected chi connectivity index (χ1v) is 9.04. The number of halogens is 1. The molecule has 27 heavy (non-hydrogen) atoms. The van der Waals surface area contributed by atoms with Crippen molar-refractivity contribution < 1.29 is 14.0 Å². The minimum atomic E-state index is -0.366. The van der Waals surface area contributed by atoms with E-state index in [1.54, 1.807) is 0 Å². The van der Waals surface area contributed by atoms with Crippen LogP contribution in [-0.4, -0.2) is 16.3 Å². The molecular formula is C22H23FN2O2. The van der Waals surface area contributed by atoms with Gasteiger partial charge in [-0.1, -0.05) is 6.07 Å². The fourth-order valence-corrected chi connectivity index (χ4v) is 3.13. The third kappa shape index (κ3) is 4.61. The third-order valence-electron chi connectivity index (χ3n) is 4.81. The Labute approximate surface area is 158 Å². The first-order chi connectivity index (χ1) is 12.9. The molecule has 0 atom stereocenters. The standard InChI is InChI=1S/C22H23FN2O2/c1-15-12-18-13-16(6-11-20(18)25(15)2)14-24-22(27)5-3-4-21(26)17-7-9-19(23)10-8-17/h6-13H,3-5,14H2,1-2H3,(H,24,27). The van der Waals surface area contributed by atoms with Gasteiger partial charge in [-0.25, -0.2) is 4.39 Å². The van der Waals surface area contributed by atoms with Crippen LogP contribution in [0.3, 0.4) is 0 Å². The summed E-state index contributed by atoms with van der Waals surface area (Å²) in [5, 5.41) is 4.06. The molecule has 3 rings (SSSR count). The number of ketones is 1. The fourth-order valence-electron chi connectivity index (χ4n) is 3.13. The zero-order chi connectivity index (χ0) is 19.4. The second kappa shape index (κ2) is 8.16. The number of carbonyl (C=O) groups is 2. The van der Waals surface area contributed by atoms with Crippen molar-refractivity contribution in [2.24, 2.45) is 7.05 Å². The van der Waals surface area contributed by atoms with E-state index in [2.05, 4.69) is 35.0 Å². The van der Waals surface area contributed by atoms with Crippen molar-refractivity contribution in [2.45, 2.75) is 32.7 Å². The van der Waals surface area contributed by atoms with E-state index in [9.17, 15) is 14.0 Å². The maximum atomic E-state index is 12.9. The quantitative estimate of drug-likeness (QED) is 0.634. The van der Waals surface area contributed by atoms with Crippen LogP contribution in [0.4, 0.5) is 4.39 Å². The van der Waals surface area contributed by atoms with E-state index in [1.807, 2.05) is 13.1 Å². The predicted octanol–water partition coefficient (Wildman–Crippen LogP) is 4.30. The second-order valence-electron chi connectivity index (χ2n) is 6.80. The molecule has 1 N–H and O–H groups in total. The Morgan fingerprint density at radius 2 is 1.78 bits per heavy atom. The molecule has 4 nitrogen and oxygen atoms in total. The van der Waals surface area contributed by atoms with Crippen LogP contribution in [0.25, 0.3) is 10.9 Å². The maximum Gasteiger partial charge on any atom is 0.220 e. The monoisotopic (exact) mass is 366 g/mol. The molecule has 0 fully saturated rings. The number of rotatable bonds is 7. The minimum Gasteiger partial charge on any atom is -0.352 e. The molecule has 1 heterocycles. The van der Waals surface area contributed by atoms with Gasteiger partial charge in [-0.15, -0.1) is 0 Å². The largest absolute Gasteiger partial charge is 0.352 e. The number of benzene rings is 2. The molecule has 0 bridgehead atoms. The van der Waals surface area contributed by atoms with Crippen LogP contribution in [0.15, 0.2) is 48.5 Å². The summed E-state index contributed by atoms with van der Waals surface area (Å²) in [5.41, 5.74) is 3.88. The molecule has 0 radical (unpaired) electrons. The van der Waals surface area contributed by atoms with Gasteiger partial charge in [0.2, 0.25) is 5.91 Å². The highest BCUT2D eigenvalue weighted by Gasteiger charge is 2.09. The average molecular weight is 366 g/mol. The Morgan fingerprint density at radius 1 is 1.04 bits per heavy atom. The molecule has 0 aliphatic heterocycles. The molecule has 0 aliphatic carbocycles. The third-order valence-corrected chi connectivity index (χ3v) is 4.81. The van der Waals surface area contributed by atoms with E-state index in [1.165, 1.54) is 35.5 Å². The molecule has 0 saturated heterocycles. The van der Waals surface area contributed by atoms with Gasteiger partial charge in [0.15, 0.2) is 5.78 Å². The first-order valence-electron chi connectivity index (χ1n) is 9.04. The molecular weight excluding hydrogens is 343 g/mol. The molecule has 1 aromatic heterocycles. The Morgan fingerprint density at radius 3 is 2.52 bits per heavy atom. The van der Waals surface area contributed by atoms with Crippen molar-refractivity contribution in [3.8, 4) is 0 Å². The smallest absolute Gasteiger partial charge is 0.220 e. The second-order valence-corrected chi connectivity index (χ2v) is 6.80. The summed E-state index contributed by atoms with van der Waals surface area (Å²) in [7, 11) is 2.03. The van der Waals surface area contributed by atoms with E-state index in [0.717, 1.165) is 10.9 Å². The van der Waals surface area contributed by atoms with Crippen LogP contribution in [0.2, 0.25) is 0 Å². The summed E-state index contributed by atoms with van der Waals surface area (Å²) in [5.74, 6) is -0.520. The first kappa shape index (κ1) is 18.8. The topological polar surface area (TPSA) is 51.1 Å². The fraction of sp³-hybridized carbons (Fsp3) is 0.273. The van der Waals surface area contributed by atoms with Gasteiger partial charge in [0, 0.05) is 48.6 Å². The number of nitrogens with zero attached hydrogens (tertiary/aromatic N) is 1. The lowest BCUT2D eigenvalue weighted by Crippen LogP contribution is -2.22. The van der Waals surface area contributed by atoms with E-state index < -0.39 is 0 Å². The van der Waals surface area contributed by atoms with E-state index in [4.69, 9.17) is 0 Å². The van der Waals surface area contributed by atoms with Crippen LogP contribution in [0, 0.1) is 12.7 Å². The number of aromatic nitrogens is 1. The Bertz CT molecular complexity index is 974. The van der Waals surface area contributed by atoms with E-state index in [-0.39, 0.29) is 23.9 Å². The Hall–Kier alpha value is -2.95. The lowest BCUT2D eigenvalue weighted by Gasteiger charge is -2.06. The van der Waals surface area contributed by atoms with E-state index in [0.29, 0.717) is 24.9 Å². The number of nitrogens with one attached hydrogen (secondary N) is 1. The lowest BCUT2D eigenvalue weighted by atomic mass is 10.1. The number of Topliss-reactive ketones (excluding diaryl/α,β-unsaturated/α-hetero) is 1. The van der Waals surface area contributed by atoms with Gasteiger partial charge >= 0.3 is 0 Å². The number of fused-ring (bicyclic) bond motifs is 1. The Balaban J connectivity index is 1.45. The molecule has 5 heteroatoms. The van der Waals surface area contributed by atoms with Gasteiger partial charge in [-0.05, 0) is 61.4 Å². The highest BCUT2D eigenvalue weighted by Crippen LogP contribution is 2.19. The lowest BCUT2D eigenvalue weighted by molar-refractivity contribution is -0.121. The van der Waals surface area contributed by atoms with Crippen molar-refractivity contribution in [2.75, 3.05) is 0 Å². The van der Waals surface area contributed by atoms with Crippen LogP contribution >= 0.6 is 0 Å². The molecule has 0 unspecified atom stereocenters. The summed E-state index contributed by atoms with van der Waals surface area (Å²) in [6.07, 6.45) is 1.03. The molecule has 2 aromatic carbocycles. The SMILES string of the molecule is Cc1cc2cc(CNC(=O)CCCC(=O)c3ccc(F)cc3)ccc2n1C. The summed E-state index contributed by atoms with van der Waals surface area (Å²) in [6.45, 7) is 2.53. The molecule has 0 saturated carbocycles. The van der Waals surface area contributed by atoms with Crippen molar-refractivity contribution in [3.63, 3.8) is 0 Å². The molecule has 3 aromatic rings. The molecule has 140 valence electrons.